The van der Waals surface area contributed by atoms with Crippen LogP contribution in [0.1, 0.15) is 31.0 Å². The summed E-state index contributed by atoms with van der Waals surface area (Å²) in [5.41, 5.74) is 3.42. The van der Waals surface area contributed by atoms with E-state index in [1.807, 2.05) is 49.4 Å². The van der Waals surface area contributed by atoms with Gasteiger partial charge in [0, 0.05) is 12.6 Å². The van der Waals surface area contributed by atoms with Gasteiger partial charge in [0.05, 0.1) is 19.1 Å². The molecule has 5 heteroatoms. The molecule has 1 N–H and O–H groups in total. The van der Waals surface area contributed by atoms with Gasteiger partial charge in [0.25, 0.3) is 0 Å². The van der Waals surface area contributed by atoms with Crippen LogP contribution in [0.3, 0.4) is 0 Å². The molecule has 1 heterocycles. The zero-order valence-corrected chi connectivity index (χ0v) is 18.0. The third-order valence-electron chi connectivity index (χ3n) is 5.40. The average Bonchev–Trinajstić information content (AvgIpc) is 2.76. The number of hydrogen-bond donors (Lipinski definition) is 1. The molecule has 1 aliphatic heterocycles. The van der Waals surface area contributed by atoms with Gasteiger partial charge < -0.3 is 19.7 Å². The summed E-state index contributed by atoms with van der Waals surface area (Å²) in [6.07, 6.45) is 0.175. The number of amides is 1. The summed E-state index contributed by atoms with van der Waals surface area (Å²) in [5.74, 6) is 1.67. The average molecular weight is 417 g/mol. The van der Waals surface area contributed by atoms with Gasteiger partial charge in [-0.25, -0.2) is 0 Å². The SMILES string of the molecule is CC(=O)NC(C)c1ccc(N2CC(Oc3ccc(OCc4ccccc4)cc3)C2)cc1. The van der Waals surface area contributed by atoms with E-state index in [0.717, 1.165) is 35.7 Å². The molecule has 0 saturated carbocycles. The second-order valence-corrected chi connectivity index (χ2v) is 7.90. The Hall–Kier alpha value is -3.47. The van der Waals surface area contributed by atoms with Crippen molar-refractivity contribution in [1.29, 1.82) is 0 Å². The van der Waals surface area contributed by atoms with Gasteiger partial charge in [-0.1, -0.05) is 42.5 Å². The van der Waals surface area contributed by atoms with Crippen LogP contribution in [-0.2, 0) is 11.4 Å². The monoisotopic (exact) mass is 416 g/mol. The Labute approximate surface area is 183 Å². The number of hydrogen-bond acceptors (Lipinski definition) is 4. The molecule has 0 radical (unpaired) electrons. The molecule has 3 aromatic carbocycles. The Bertz CT molecular complexity index is 981. The van der Waals surface area contributed by atoms with E-state index in [2.05, 4.69) is 46.6 Å². The van der Waals surface area contributed by atoms with Gasteiger partial charge in [-0.2, -0.15) is 0 Å². The summed E-state index contributed by atoms with van der Waals surface area (Å²) >= 11 is 0. The number of ether oxygens (including phenoxy) is 2. The third-order valence-corrected chi connectivity index (χ3v) is 5.40. The lowest BCUT2D eigenvalue weighted by atomic mass is 10.1. The van der Waals surface area contributed by atoms with E-state index in [9.17, 15) is 4.79 Å². The Kier molecular flexibility index (Phi) is 6.41. The van der Waals surface area contributed by atoms with Gasteiger partial charge in [0.1, 0.15) is 24.2 Å². The second-order valence-electron chi connectivity index (χ2n) is 7.90. The summed E-state index contributed by atoms with van der Waals surface area (Å²) in [6, 6.07) is 26.3. The van der Waals surface area contributed by atoms with E-state index < -0.39 is 0 Å². The van der Waals surface area contributed by atoms with Crippen LogP contribution in [0.4, 0.5) is 5.69 Å². The van der Waals surface area contributed by atoms with Crippen LogP contribution in [-0.4, -0.2) is 25.1 Å². The van der Waals surface area contributed by atoms with E-state index in [-0.39, 0.29) is 18.1 Å². The van der Waals surface area contributed by atoms with Crippen molar-refractivity contribution in [2.75, 3.05) is 18.0 Å². The fraction of sp³-hybridized carbons (Fsp3) is 0.269. The highest BCUT2D eigenvalue weighted by Gasteiger charge is 2.28. The van der Waals surface area contributed by atoms with E-state index in [4.69, 9.17) is 9.47 Å². The molecule has 1 amide bonds. The molecule has 160 valence electrons. The third kappa shape index (κ3) is 5.57. The van der Waals surface area contributed by atoms with Crippen LogP contribution >= 0.6 is 0 Å². The number of carbonyl (C=O) groups is 1. The summed E-state index contributed by atoms with van der Waals surface area (Å²) < 4.78 is 11.9. The molecule has 1 unspecified atom stereocenters. The molecule has 0 bridgehead atoms. The normalized spacial score (nSPS) is 14.5. The zero-order chi connectivity index (χ0) is 21.6. The molecular formula is C26H28N2O3. The first kappa shape index (κ1) is 20.8. The summed E-state index contributed by atoms with van der Waals surface area (Å²) in [7, 11) is 0. The van der Waals surface area contributed by atoms with Crippen molar-refractivity contribution in [1.82, 2.24) is 5.32 Å². The Morgan fingerprint density at radius 3 is 2.26 bits per heavy atom. The van der Waals surface area contributed by atoms with Crippen LogP contribution in [0.2, 0.25) is 0 Å². The molecule has 1 saturated heterocycles. The van der Waals surface area contributed by atoms with Crippen LogP contribution in [0.5, 0.6) is 11.5 Å². The molecule has 1 atom stereocenters. The van der Waals surface area contributed by atoms with Gasteiger partial charge in [-0.05, 0) is 54.4 Å². The number of nitrogens with one attached hydrogen (secondary N) is 1. The fourth-order valence-corrected chi connectivity index (χ4v) is 3.63. The maximum absolute atomic E-state index is 11.2. The molecular weight excluding hydrogens is 388 g/mol. The first-order valence-electron chi connectivity index (χ1n) is 10.6. The molecule has 5 nitrogen and oxygen atoms in total. The molecule has 3 aromatic rings. The van der Waals surface area contributed by atoms with Crippen LogP contribution in [0.25, 0.3) is 0 Å². The predicted molar refractivity (Wildman–Crippen MR) is 123 cm³/mol. The van der Waals surface area contributed by atoms with Gasteiger partial charge in [0.15, 0.2) is 0 Å². The molecule has 1 fully saturated rings. The molecule has 1 aliphatic rings. The van der Waals surface area contributed by atoms with E-state index in [1.165, 1.54) is 12.6 Å². The topological polar surface area (TPSA) is 50.8 Å². The lowest BCUT2D eigenvalue weighted by molar-refractivity contribution is -0.119. The van der Waals surface area contributed by atoms with Crippen LogP contribution < -0.4 is 19.7 Å². The maximum atomic E-state index is 11.2. The minimum absolute atomic E-state index is 0.0127. The van der Waals surface area contributed by atoms with Crippen molar-refractivity contribution >= 4 is 11.6 Å². The number of anilines is 1. The quantitative estimate of drug-likeness (QED) is 0.577. The summed E-state index contributed by atoms with van der Waals surface area (Å²) in [4.78, 5) is 13.5. The standard InChI is InChI=1S/C26H28N2O3/c1-19(27-20(2)29)22-8-10-23(11-9-22)28-16-26(17-28)31-25-14-12-24(13-15-25)30-18-21-6-4-3-5-7-21/h3-15,19,26H,16-18H2,1-2H3,(H,27,29). The molecule has 0 spiro atoms. The van der Waals surface area contributed by atoms with Crippen molar-refractivity contribution < 1.29 is 14.3 Å². The van der Waals surface area contributed by atoms with Crippen molar-refractivity contribution in [2.45, 2.75) is 32.6 Å². The molecule has 31 heavy (non-hydrogen) atoms. The lowest BCUT2D eigenvalue weighted by Gasteiger charge is -2.40. The van der Waals surface area contributed by atoms with Crippen molar-refractivity contribution in [3.63, 3.8) is 0 Å². The van der Waals surface area contributed by atoms with Crippen molar-refractivity contribution in [3.8, 4) is 11.5 Å². The summed E-state index contributed by atoms with van der Waals surface area (Å²) in [5, 5.41) is 2.91. The Morgan fingerprint density at radius 1 is 0.968 bits per heavy atom. The van der Waals surface area contributed by atoms with Crippen LogP contribution in [0.15, 0.2) is 78.9 Å². The molecule has 4 rings (SSSR count). The van der Waals surface area contributed by atoms with E-state index in [0.29, 0.717) is 6.61 Å². The van der Waals surface area contributed by atoms with Gasteiger partial charge >= 0.3 is 0 Å². The first-order valence-corrected chi connectivity index (χ1v) is 10.6. The van der Waals surface area contributed by atoms with Crippen molar-refractivity contribution in [2.24, 2.45) is 0 Å². The molecule has 0 aliphatic carbocycles. The van der Waals surface area contributed by atoms with Crippen LogP contribution in [0, 0.1) is 0 Å². The first-order chi connectivity index (χ1) is 15.1. The fourth-order valence-electron chi connectivity index (χ4n) is 3.63. The zero-order valence-electron chi connectivity index (χ0n) is 18.0. The molecule has 0 aromatic heterocycles. The highest BCUT2D eigenvalue weighted by molar-refractivity contribution is 5.73. The summed E-state index contributed by atoms with van der Waals surface area (Å²) in [6.45, 7) is 5.79. The smallest absolute Gasteiger partial charge is 0.217 e. The van der Waals surface area contributed by atoms with Crippen molar-refractivity contribution in [3.05, 3.63) is 90.0 Å². The van der Waals surface area contributed by atoms with E-state index in [1.54, 1.807) is 0 Å². The largest absolute Gasteiger partial charge is 0.489 e. The highest BCUT2D eigenvalue weighted by Crippen LogP contribution is 2.27. The second kappa shape index (κ2) is 9.56. The predicted octanol–water partition coefficient (Wildman–Crippen LogP) is 4.73. The highest BCUT2D eigenvalue weighted by atomic mass is 16.5. The lowest BCUT2D eigenvalue weighted by Crippen LogP contribution is -2.54. The van der Waals surface area contributed by atoms with Gasteiger partial charge in [-0.3, -0.25) is 4.79 Å². The Morgan fingerprint density at radius 2 is 1.61 bits per heavy atom. The number of nitrogens with zero attached hydrogens (tertiary/aromatic N) is 1. The number of rotatable bonds is 8. The minimum Gasteiger partial charge on any atom is -0.489 e. The minimum atomic E-state index is -0.0184. The van der Waals surface area contributed by atoms with E-state index >= 15 is 0 Å². The van der Waals surface area contributed by atoms with Gasteiger partial charge in [0.2, 0.25) is 5.91 Å². The number of carbonyl (C=O) groups excluding carboxylic acids is 1. The Balaban J connectivity index is 1.23. The maximum Gasteiger partial charge on any atom is 0.217 e. The van der Waals surface area contributed by atoms with Gasteiger partial charge in [-0.15, -0.1) is 0 Å². The number of benzene rings is 3.